The van der Waals surface area contributed by atoms with E-state index in [1.54, 1.807) is 0 Å². The van der Waals surface area contributed by atoms with Crippen LogP contribution in [-0.2, 0) is 4.74 Å². The number of halogens is 2. The summed E-state index contributed by atoms with van der Waals surface area (Å²) in [5, 5.41) is 16.8. The average Bonchev–Trinajstić information content (AvgIpc) is 2.30. The number of hydrogen-bond donors (Lipinski definition) is 1. The molecule has 100 valence electrons. The van der Waals surface area contributed by atoms with Crippen LogP contribution in [0, 0.1) is 0 Å². The van der Waals surface area contributed by atoms with Crippen LogP contribution in [0.25, 0.3) is 0 Å². The lowest BCUT2D eigenvalue weighted by molar-refractivity contribution is -0.101. The first-order valence-electron chi connectivity index (χ1n) is 5.50. The molecular formula is C10H14Cl2N4O2. The summed E-state index contributed by atoms with van der Waals surface area (Å²) in [6, 6.07) is 0. The van der Waals surface area contributed by atoms with Gasteiger partial charge in [0.15, 0.2) is 11.0 Å². The number of rotatable bonds is 2. The van der Waals surface area contributed by atoms with E-state index in [-0.39, 0.29) is 23.1 Å². The van der Waals surface area contributed by atoms with Crippen molar-refractivity contribution < 1.29 is 9.84 Å². The molecule has 0 bridgehead atoms. The first-order chi connectivity index (χ1) is 8.41. The van der Waals surface area contributed by atoms with E-state index in [0.717, 1.165) is 0 Å². The van der Waals surface area contributed by atoms with Crippen molar-refractivity contribution in [2.24, 2.45) is 0 Å². The molecule has 1 aromatic heterocycles. The van der Waals surface area contributed by atoms with Gasteiger partial charge in [0.05, 0.1) is 18.3 Å². The molecule has 0 amide bonds. The molecule has 1 aliphatic heterocycles. The largest absolute Gasteiger partial charge is 0.394 e. The Labute approximate surface area is 115 Å². The molecule has 2 heterocycles. The van der Waals surface area contributed by atoms with Gasteiger partial charge in [-0.05, 0) is 25.4 Å². The van der Waals surface area contributed by atoms with Crippen LogP contribution in [0.15, 0.2) is 0 Å². The van der Waals surface area contributed by atoms with Crippen LogP contribution in [0.2, 0.25) is 10.4 Å². The van der Waals surface area contributed by atoms with Crippen molar-refractivity contribution in [2.45, 2.75) is 25.6 Å². The van der Waals surface area contributed by atoms with Gasteiger partial charge < -0.3 is 14.7 Å². The Bertz CT molecular complexity index is 444. The number of nitrogens with zero attached hydrogens (tertiary/aromatic N) is 4. The van der Waals surface area contributed by atoms with Crippen LogP contribution in [0.3, 0.4) is 0 Å². The number of morpholine rings is 1. The highest BCUT2D eigenvalue weighted by Crippen LogP contribution is 2.28. The van der Waals surface area contributed by atoms with Crippen molar-refractivity contribution >= 4 is 29.0 Å². The third kappa shape index (κ3) is 3.00. The molecule has 1 aromatic rings. The molecular weight excluding hydrogens is 279 g/mol. The number of hydrogen-bond acceptors (Lipinski definition) is 6. The second kappa shape index (κ2) is 5.13. The maximum Gasteiger partial charge on any atom is 0.245 e. The Morgan fingerprint density at radius 2 is 2.17 bits per heavy atom. The third-order valence-corrected chi connectivity index (χ3v) is 2.99. The fourth-order valence-electron chi connectivity index (χ4n) is 2.04. The fraction of sp³-hybridized carbons (Fsp3) is 0.700. The van der Waals surface area contributed by atoms with Crippen molar-refractivity contribution in [3.05, 3.63) is 10.4 Å². The summed E-state index contributed by atoms with van der Waals surface area (Å²) < 4.78 is 5.71. The molecule has 1 atom stereocenters. The second-order valence-electron chi connectivity index (χ2n) is 4.76. The average molecular weight is 293 g/mol. The first-order valence-corrected chi connectivity index (χ1v) is 6.26. The SMILES string of the molecule is CC1(C)CN(c2nc(Cl)nnc2Cl)CC(CO)O1. The van der Waals surface area contributed by atoms with Gasteiger partial charge in [0.25, 0.3) is 0 Å². The van der Waals surface area contributed by atoms with Gasteiger partial charge in [-0.25, -0.2) is 0 Å². The summed E-state index contributed by atoms with van der Waals surface area (Å²) in [4.78, 5) is 5.98. The predicted octanol–water partition coefficient (Wildman–Crippen LogP) is 1.15. The van der Waals surface area contributed by atoms with E-state index < -0.39 is 5.60 Å². The van der Waals surface area contributed by atoms with E-state index in [2.05, 4.69) is 15.2 Å². The second-order valence-corrected chi connectivity index (χ2v) is 5.45. The summed E-state index contributed by atoms with van der Waals surface area (Å²) in [5.41, 5.74) is -0.410. The van der Waals surface area contributed by atoms with E-state index in [1.807, 2.05) is 18.7 Å². The van der Waals surface area contributed by atoms with E-state index in [4.69, 9.17) is 27.9 Å². The number of aliphatic hydroxyl groups excluding tert-OH is 1. The Hall–Kier alpha value is -0.690. The van der Waals surface area contributed by atoms with Gasteiger partial charge in [0.1, 0.15) is 0 Å². The first kappa shape index (κ1) is 13.7. The highest BCUT2D eigenvalue weighted by atomic mass is 35.5. The summed E-state index contributed by atoms with van der Waals surface area (Å²) in [6.45, 7) is 4.87. The number of ether oxygens (including phenoxy) is 1. The minimum Gasteiger partial charge on any atom is -0.394 e. The van der Waals surface area contributed by atoms with Gasteiger partial charge in [0, 0.05) is 13.1 Å². The van der Waals surface area contributed by atoms with Crippen LogP contribution in [0.1, 0.15) is 13.8 Å². The van der Waals surface area contributed by atoms with Crippen molar-refractivity contribution in [1.82, 2.24) is 15.2 Å². The van der Waals surface area contributed by atoms with E-state index in [1.165, 1.54) is 0 Å². The van der Waals surface area contributed by atoms with E-state index >= 15 is 0 Å². The Morgan fingerprint density at radius 1 is 1.44 bits per heavy atom. The lowest BCUT2D eigenvalue weighted by Gasteiger charge is -2.42. The van der Waals surface area contributed by atoms with Gasteiger partial charge >= 0.3 is 0 Å². The summed E-state index contributed by atoms with van der Waals surface area (Å²) >= 11 is 11.7. The number of aliphatic hydroxyl groups is 1. The molecule has 0 radical (unpaired) electrons. The monoisotopic (exact) mass is 292 g/mol. The standard InChI is InChI=1S/C10H14Cl2N4O2/c1-10(2)5-16(3-6(4-17)18-10)8-7(11)14-15-9(12)13-8/h6,17H,3-5H2,1-2H3. The molecule has 0 spiro atoms. The molecule has 6 nitrogen and oxygen atoms in total. The summed E-state index contributed by atoms with van der Waals surface area (Å²) in [7, 11) is 0. The molecule has 2 rings (SSSR count). The van der Waals surface area contributed by atoms with E-state index in [9.17, 15) is 5.11 Å². The lowest BCUT2D eigenvalue weighted by Crippen LogP contribution is -2.54. The highest BCUT2D eigenvalue weighted by Gasteiger charge is 2.34. The fourth-order valence-corrected chi connectivity index (χ4v) is 2.36. The van der Waals surface area contributed by atoms with Crippen molar-refractivity contribution in [3.63, 3.8) is 0 Å². The molecule has 0 saturated carbocycles. The minimum atomic E-state index is -0.410. The maximum atomic E-state index is 9.25. The molecule has 1 unspecified atom stereocenters. The molecule has 18 heavy (non-hydrogen) atoms. The third-order valence-electron chi connectivity index (χ3n) is 2.59. The molecule has 8 heteroatoms. The Kier molecular flexibility index (Phi) is 3.91. The Balaban J connectivity index is 2.29. The zero-order valence-electron chi connectivity index (χ0n) is 10.1. The van der Waals surface area contributed by atoms with Gasteiger partial charge in [0.2, 0.25) is 5.28 Å². The van der Waals surface area contributed by atoms with Gasteiger partial charge in [-0.15, -0.1) is 10.2 Å². The zero-order valence-corrected chi connectivity index (χ0v) is 11.6. The lowest BCUT2D eigenvalue weighted by atomic mass is 10.1. The summed E-state index contributed by atoms with van der Waals surface area (Å²) in [5.74, 6) is 0.464. The molecule has 1 aliphatic rings. The van der Waals surface area contributed by atoms with Crippen LogP contribution in [-0.4, -0.2) is 51.7 Å². The van der Waals surface area contributed by atoms with Gasteiger partial charge in [-0.2, -0.15) is 4.98 Å². The molecule has 1 fully saturated rings. The Morgan fingerprint density at radius 3 is 2.83 bits per heavy atom. The quantitative estimate of drug-likeness (QED) is 0.882. The highest BCUT2D eigenvalue weighted by molar-refractivity contribution is 6.32. The summed E-state index contributed by atoms with van der Waals surface area (Å²) in [6.07, 6.45) is -0.293. The van der Waals surface area contributed by atoms with Crippen molar-refractivity contribution in [2.75, 3.05) is 24.6 Å². The van der Waals surface area contributed by atoms with Crippen LogP contribution < -0.4 is 4.90 Å². The number of anilines is 1. The predicted molar refractivity (Wildman–Crippen MR) is 68.1 cm³/mol. The minimum absolute atomic E-state index is 0.0410. The zero-order chi connectivity index (χ0) is 13.3. The van der Waals surface area contributed by atoms with Gasteiger partial charge in [-0.1, -0.05) is 11.6 Å². The van der Waals surface area contributed by atoms with Crippen LogP contribution in [0.5, 0.6) is 0 Å². The van der Waals surface area contributed by atoms with Crippen molar-refractivity contribution in [3.8, 4) is 0 Å². The van der Waals surface area contributed by atoms with Crippen LogP contribution >= 0.6 is 23.2 Å². The molecule has 0 aromatic carbocycles. The van der Waals surface area contributed by atoms with Gasteiger partial charge in [-0.3, -0.25) is 0 Å². The molecule has 0 aliphatic carbocycles. The smallest absolute Gasteiger partial charge is 0.245 e. The van der Waals surface area contributed by atoms with Crippen LogP contribution in [0.4, 0.5) is 5.82 Å². The maximum absolute atomic E-state index is 9.25. The van der Waals surface area contributed by atoms with Crippen molar-refractivity contribution in [1.29, 1.82) is 0 Å². The molecule has 1 N–H and O–H groups in total. The topological polar surface area (TPSA) is 71.4 Å². The van der Waals surface area contributed by atoms with E-state index in [0.29, 0.717) is 18.9 Å². The molecule has 1 saturated heterocycles. The normalized spacial score (nSPS) is 23.2. The number of aromatic nitrogens is 3.